The molecule has 1 aromatic heterocycles. The van der Waals surface area contributed by atoms with E-state index in [4.69, 9.17) is 20.9 Å². The normalized spacial score (nSPS) is 10.5. The monoisotopic (exact) mass is 420 g/mol. The second-order valence-electron chi connectivity index (χ2n) is 4.56. The Morgan fingerprint density at radius 2 is 2.19 bits per heavy atom. The standard InChI is InChI=1S/C14H14ClIN2O3/c1-8-4-9(17-21-8)7-18(2)14(19)10-5-11(15)12(16)6-13(10)20-3/h4-6H,7H2,1-3H3. The summed E-state index contributed by atoms with van der Waals surface area (Å²) in [5.74, 6) is 1.02. The Balaban J connectivity index is 2.24. The number of ether oxygens (including phenoxy) is 1. The molecule has 0 aliphatic heterocycles. The molecule has 0 atom stereocenters. The number of aromatic nitrogens is 1. The third kappa shape index (κ3) is 3.68. The molecule has 0 saturated heterocycles. The lowest BCUT2D eigenvalue weighted by molar-refractivity contribution is 0.0778. The summed E-state index contributed by atoms with van der Waals surface area (Å²) in [6, 6.07) is 5.15. The summed E-state index contributed by atoms with van der Waals surface area (Å²) in [6.07, 6.45) is 0. The van der Waals surface area contributed by atoms with Crippen molar-refractivity contribution in [3.8, 4) is 5.75 Å². The van der Waals surface area contributed by atoms with E-state index in [-0.39, 0.29) is 5.91 Å². The highest BCUT2D eigenvalue weighted by Gasteiger charge is 2.19. The summed E-state index contributed by atoms with van der Waals surface area (Å²) >= 11 is 8.19. The number of aryl methyl sites for hydroxylation is 1. The fourth-order valence-corrected chi connectivity index (χ4v) is 2.48. The zero-order valence-corrected chi connectivity index (χ0v) is 14.7. The third-order valence-corrected chi connectivity index (χ3v) is 4.42. The predicted octanol–water partition coefficient (Wildman–Crippen LogP) is 3.52. The summed E-state index contributed by atoms with van der Waals surface area (Å²) < 4.78 is 11.1. The molecule has 1 heterocycles. The van der Waals surface area contributed by atoms with Crippen molar-refractivity contribution in [3.63, 3.8) is 0 Å². The smallest absolute Gasteiger partial charge is 0.257 e. The quantitative estimate of drug-likeness (QED) is 0.710. The lowest BCUT2D eigenvalue weighted by atomic mass is 10.1. The van der Waals surface area contributed by atoms with Crippen molar-refractivity contribution in [2.24, 2.45) is 0 Å². The maximum atomic E-state index is 12.5. The maximum absolute atomic E-state index is 12.5. The Labute approximate surface area is 141 Å². The van der Waals surface area contributed by atoms with Gasteiger partial charge in [-0.1, -0.05) is 16.8 Å². The first-order valence-corrected chi connectivity index (χ1v) is 7.58. The van der Waals surface area contributed by atoms with Gasteiger partial charge in [-0.15, -0.1) is 0 Å². The fourth-order valence-electron chi connectivity index (χ4n) is 1.88. The Kier molecular flexibility index (Phi) is 5.10. The molecule has 1 aromatic carbocycles. The molecule has 0 unspecified atom stereocenters. The summed E-state index contributed by atoms with van der Waals surface area (Å²) in [7, 11) is 3.22. The molecule has 0 aliphatic carbocycles. The van der Waals surface area contributed by atoms with Crippen LogP contribution in [0.1, 0.15) is 21.8 Å². The van der Waals surface area contributed by atoms with E-state index in [9.17, 15) is 4.79 Å². The lowest BCUT2D eigenvalue weighted by Gasteiger charge is -2.18. The molecule has 1 amide bonds. The van der Waals surface area contributed by atoms with Crippen LogP contribution < -0.4 is 4.74 Å². The fraction of sp³-hybridized carbons (Fsp3) is 0.286. The maximum Gasteiger partial charge on any atom is 0.257 e. The van der Waals surface area contributed by atoms with E-state index in [0.717, 1.165) is 3.57 Å². The van der Waals surface area contributed by atoms with Crippen molar-refractivity contribution in [1.29, 1.82) is 0 Å². The van der Waals surface area contributed by atoms with Crippen LogP contribution in [0.25, 0.3) is 0 Å². The number of amides is 1. The average molecular weight is 421 g/mol. The van der Waals surface area contributed by atoms with Gasteiger partial charge in [-0.05, 0) is 41.6 Å². The van der Waals surface area contributed by atoms with Crippen LogP contribution in [0.4, 0.5) is 0 Å². The van der Waals surface area contributed by atoms with Gasteiger partial charge in [0.05, 0.1) is 24.2 Å². The van der Waals surface area contributed by atoms with Gasteiger partial charge in [0.1, 0.15) is 17.2 Å². The van der Waals surface area contributed by atoms with E-state index in [2.05, 4.69) is 27.7 Å². The number of hydrogen-bond acceptors (Lipinski definition) is 4. The molecule has 2 rings (SSSR count). The first kappa shape index (κ1) is 16.1. The van der Waals surface area contributed by atoms with Gasteiger partial charge in [0.15, 0.2) is 0 Å². The number of hydrogen-bond donors (Lipinski definition) is 0. The van der Waals surface area contributed by atoms with Crippen molar-refractivity contribution >= 4 is 40.1 Å². The summed E-state index contributed by atoms with van der Waals surface area (Å²) in [5, 5.41) is 4.40. The van der Waals surface area contributed by atoms with Crippen LogP contribution in [-0.2, 0) is 6.54 Å². The molecule has 0 fully saturated rings. The van der Waals surface area contributed by atoms with Crippen molar-refractivity contribution in [2.45, 2.75) is 13.5 Å². The van der Waals surface area contributed by atoms with E-state index in [1.807, 2.05) is 0 Å². The molecule has 2 aromatic rings. The molecule has 21 heavy (non-hydrogen) atoms. The highest BCUT2D eigenvalue weighted by Crippen LogP contribution is 2.29. The van der Waals surface area contributed by atoms with E-state index in [1.54, 1.807) is 37.1 Å². The highest BCUT2D eigenvalue weighted by atomic mass is 127. The topological polar surface area (TPSA) is 55.6 Å². The van der Waals surface area contributed by atoms with Gasteiger partial charge in [-0.2, -0.15) is 0 Å². The zero-order valence-electron chi connectivity index (χ0n) is 11.8. The second-order valence-corrected chi connectivity index (χ2v) is 6.13. The summed E-state index contributed by atoms with van der Waals surface area (Å²) in [5.41, 5.74) is 1.12. The summed E-state index contributed by atoms with van der Waals surface area (Å²) in [4.78, 5) is 14.1. The first-order valence-electron chi connectivity index (χ1n) is 6.13. The number of methoxy groups -OCH3 is 1. The van der Waals surface area contributed by atoms with Gasteiger partial charge >= 0.3 is 0 Å². The van der Waals surface area contributed by atoms with Crippen LogP contribution >= 0.6 is 34.2 Å². The first-order chi connectivity index (χ1) is 9.92. The van der Waals surface area contributed by atoms with Crippen LogP contribution in [0.15, 0.2) is 22.7 Å². The van der Waals surface area contributed by atoms with Crippen LogP contribution in [0, 0.1) is 10.5 Å². The molecule has 0 aliphatic rings. The van der Waals surface area contributed by atoms with Crippen molar-refractivity contribution in [3.05, 3.63) is 43.8 Å². The van der Waals surface area contributed by atoms with Gasteiger partial charge in [0.25, 0.3) is 5.91 Å². The largest absolute Gasteiger partial charge is 0.496 e. The number of rotatable bonds is 4. The predicted molar refractivity (Wildman–Crippen MR) is 87.8 cm³/mol. The van der Waals surface area contributed by atoms with Gasteiger partial charge in [0, 0.05) is 16.7 Å². The highest BCUT2D eigenvalue weighted by molar-refractivity contribution is 14.1. The van der Waals surface area contributed by atoms with Crippen molar-refractivity contribution in [1.82, 2.24) is 10.1 Å². The minimum absolute atomic E-state index is 0.189. The van der Waals surface area contributed by atoms with Crippen LogP contribution in [0.3, 0.4) is 0 Å². The Bertz CT molecular complexity index is 672. The number of benzene rings is 1. The minimum Gasteiger partial charge on any atom is -0.496 e. The van der Waals surface area contributed by atoms with Gasteiger partial charge in [-0.25, -0.2) is 0 Å². The third-order valence-electron chi connectivity index (χ3n) is 2.90. The van der Waals surface area contributed by atoms with Crippen LogP contribution in [0.2, 0.25) is 5.02 Å². The van der Waals surface area contributed by atoms with Gasteiger partial charge < -0.3 is 14.2 Å². The molecule has 0 spiro atoms. The van der Waals surface area contributed by atoms with Crippen LogP contribution in [-0.4, -0.2) is 30.1 Å². The van der Waals surface area contributed by atoms with Gasteiger partial charge in [0.2, 0.25) is 0 Å². The molecular formula is C14H14ClIN2O3. The number of carbonyl (C=O) groups excluding carboxylic acids is 1. The average Bonchev–Trinajstić information content (AvgIpc) is 2.85. The Morgan fingerprint density at radius 1 is 1.48 bits per heavy atom. The Morgan fingerprint density at radius 3 is 2.76 bits per heavy atom. The molecule has 0 bridgehead atoms. The minimum atomic E-state index is -0.189. The van der Waals surface area contributed by atoms with Crippen molar-refractivity contribution < 1.29 is 14.1 Å². The number of halogens is 2. The van der Waals surface area contributed by atoms with E-state index >= 15 is 0 Å². The molecular weight excluding hydrogens is 407 g/mol. The second kappa shape index (κ2) is 6.65. The SMILES string of the molecule is COc1cc(I)c(Cl)cc1C(=O)N(C)Cc1cc(C)on1. The van der Waals surface area contributed by atoms with Gasteiger partial charge in [-0.3, -0.25) is 4.79 Å². The summed E-state index contributed by atoms with van der Waals surface area (Å²) in [6.45, 7) is 2.16. The lowest BCUT2D eigenvalue weighted by Crippen LogP contribution is -2.26. The van der Waals surface area contributed by atoms with E-state index < -0.39 is 0 Å². The Hall–Kier alpha value is -1.28. The zero-order chi connectivity index (χ0) is 15.6. The molecule has 5 nitrogen and oxygen atoms in total. The molecule has 0 saturated carbocycles. The van der Waals surface area contributed by atoms with E-state index in [0.29, 0.717) is 34.3 Å². The van der Waals surface area contributed by atoms with Crippen LogP contribution in [0.5, 0.6) is 5.75 Å². The molecule has 0 N–H and O–H groups in total. The van der Waals surface area contributed by atoms with Crippen molar-refractivity contribution in [2.75, 3.05) is 14.2 Å². The molecule has 7 heteroatoms. The molecule has 112 valence electrons. The molecule has 0 radical (unpaired) electrons. The van der Waals surface area contributed by atoms with E-state index in [1.165, 1.54) is 7.11 Å². The number of carbonyl (C=O) groups is 1. The number of nitrogens with zero attached hydrogens (tertiary/aromatic N) is 2.